The maximum Gasteiger partial charge on any atom is 0.305 e. The van der Waals surface area contributed by atoms with Gasteiger partial charge in [-0.25, -0.2) is 13.2 Å². The van der Waals surface area contributed by atoms with Crippen molar-refractivity contribution >= 4 is 11.8 Å². The van der Waals surface area contributed by atoms with Crippen LogP contribution >= 0.6 is 0 Å². The lowest BCUT2D eigenvalue weighted by atomic mass is 9.82. The quantitative estimate of drug-likeness (QED) is 0.235. The van der Waals surface area contributed by atoms with Crippen molar-refractivity contribution in [2.45, 2.75) is 81.6 Å². The first kappa shape index (κ1) is 34.7. The molecule has 3 aromatic rings. The minimum atomic E-state index is -1.07. The largest absolute Gasteiger partial charge is 0.464 e. The first-order valence-electron chi connectivity index (χ1n) is 16.2. The van der Waals surface area contributed by atoms with Crippen molar-refractivity contribution in [1.29, 1.82) is 0 Å². The van der Waals surface area contributed by atoms with Crippen LogP contribution in [0.4, 0.5) is 13.2 Å². The highest BCUT2D eigenvalue weighted by Crippen LogP contribution is 2.31. The van der Waals surface area contributed by atoms with Crippen LogP contribution in [0.25, 0.3) is 0 Å². The molecule has 1 unspecified atom stereocenters. The second kappa shape index (κ2) is 16.0. The third kappa shape index (κ3) is 9.47. The van der Waals surface area contributed by atoms with Gasteiger partial charge < -0.3 is 25.3 Å². The number of nitrogens with two attached hydrogens (primary N) is 1. The number of carbonyl (C=O) groups is 2. The van der Waals surface area contributed by atoms with Crippen LogP contribution in [0.2, 0.25) is 0 Å². The summed E-state index contributed by atoms with van der Waals surface area (Å²) in [5.41, 5.74) is 8.25. The molecule has 0 saturated carbocycles. The molecule has 0 radical (unpaired) electrons. The average Bonchev–Trinajstić information content (AvgIpc) is 3.51. The SMILES string of the molecule is CC1(CCC(=O)OC[C@@H]2CO[C@H](CCc3c(F)cncc3CC(=O)[C@@H](N)C(c3ccc(F)cc3)c3ccc(F)cc3)CN2)CCCO1. The molecule has 2 aliphatic rings. The number of carbonyl (C=O) groups excluding carboxylic acids is 2. The molecular weight excluding hydrogens is 611 g/mol. The van der Waals surface area contributed by atoms with E-state index >= 15 is 4.39 Å². The Morgan fingerprint density at radius 3 is 2.34 bits per heavy atom. The number of hydrogen-bond donors (Lipinski definition) is 2. The highest BCUT2D eigenvalue weighted by atomic mass is 19.1. The zero-order valence-corrected chi connectivity index (χ0v) is 26.6. The first-order chi connectivity index (χ1) is 22.6. The molecule has 5 rings (SSSR count). The summed E-state index contributed by atoms with van der Waals surface area (Å²) in [6.07, 6.45) is 5.90. The number of Topliss-reactive ketones (excluding diaryl/α,β-unsaturated/α-hetero) is 1. The van der Waals surface area contributed by atoms with Crippen molar-refractivity contribution in [3.8, 4) is 0 Å². The van der Waals surface area contributed by atoms with Gasteiger partial charge in [-0.15, -0.1) is 0 Å². The molecule has 2 fully saturated rings. The number of halogens is 3. The van der Waals surface area contributed by atoms with Gasteiger partial charge in [0.05, 0.1) is 36.6 Å². The third-order valence-corrected chi connectivity index (χ3v) is 9.14. The summed E-state index contributed by atoms with van der Waals surface area (Å²) in [6.45, 7) is 3.79. The van der Waals surface area contributed by atoms with Crippen LogP contribution in [0.1, 0.15) is 67.2 Å². The third-order valence-electron chi connectivity index (χ3n) is 9.14. The van der Waals surface area contributed by atoms with Crippen LogP contribution in [0.3, 0.4) is 0 Å². The fraction of sp³-hybridized carbons (Fsp3) is 0.472. The molecule has 4 atom stereocenters. The average molecular weight is 654 g/mol. The maximum absolute atomic E-state index is 15.1. The zero-order valence-electron chi connectivity index (χ0n) is 26.6. The molecule has 47 heavy (non-hydrogen) atoms. The van der Waals surface area contributed by atoms with Crippen molar-refractivity contribution in [3.05, 3.63) is 101 Å². The molecule has 2 aliphatic heterocycles. The van der Waals surface area contributed by atoms with Gasteiger partial charge in [0.25, 0.3) is 0 Å². The minimum absolute atomic E-state index is 0.143. The molecule has 2 saturated heterocycles. The zero-order chi connectivity index (χ0) is 33.4. The van der Waals surface area contributed by atoms with E-state index in [9.17, 15) is 18.4 Å². The van der Waals surface area contributed by atoms with E-state index in [0.717, 1.165) is 25.6 Å². The molecule has 2 aromatic carbocycles. The van der Waals surface area contributed by atoms with E-state index in [-0.39, 0.29) is 42.5 Å². The number of esters is 1. The summed E-state index contributed by atoms with van der Waals surface area (Å²) < 4.78 is 59.6. The molecule has 11 heteroatoms. The van der Waals surface area contributed by atoms with E-state index in [0.29, 0.717) is 61.1 Å². The summed E-state index contributed by atoms with van der Waals surface area (Å²) in [6, 6.07) is 10.1. The van der Waals surface area contributed by atoms with Crippen LogP contribution < -0.4 is 11.1 Å². The number of rotatable bonds is 14. The number of pyridine rings is 1. The van der Waals surface area contributed by atoms with Gasteiger partial charge in [0.15, 0.2) is 5.78 Å². The summed E-state index contributed by atoms with van der Waals surface area (Å²) in [5.74, 6) is -2.70. The van der Waals surface area contributed by atoms with Crippen LogP contribution in [0.15, 0.2) is 60.9 Å². The molecule has 8 nitrogen and oxygen atoms in total. The van der Waals surface area contributed by atoms with Gasteiger partial charge in [0.2, 0.25) is 0 Å². The Labute approximate surface area is 273 Å². The number of nitrogens with one attached hydrogen (secondary N) is 1. The van der Waals surface area contributed by atoms with Gasteiger partial charge in [-0.1, -0.05) is 24.3 Å². The fourth-order valence-corrected chi connectivity index (χ4v) is 6.31. The van der Waals surface area contributed by atoms with E-state index in [4.69, 9.17) is 19.9 Å². The van der Waals surface area contributed by atoms with Gasteiger partial charge in [-0.05, 0) is 85.5 Å². The number of ether oxygens (including phenoxy) is 3. The van der Waals surface area contributed by atoms with E-state index in [1.165, 1.54) is 30.5 Å². The van der Waals surface area contributed by atoms with Gasteiger partial charge in [-0.3, -0.25) is 14.6 Å². The smallest absolute Gasteiger partial charge is 0.305 e. The Kier molecular flexibility index (Phi) is 11.8. The Balaban J connectivity index is 1.14. The van der Waals surface area contributed by atoms with Crippen LogP contribution in [-0.2, 0) is 36.6 Å². The molecule has 3 N–H and O–H groups in total. The van der Waals surface area contributed by atoms with Crippen LogP contribution in [0, 0.1) is 17.5 Å². The standard InChI is InChI=1S/C36H42F3N3O5/c1-36(14-2-16-47-36)15-13-33(44)46-22-28-21-45-29(19-42-28)11-12-30-25(18-41-20-31(30)39)17-32(43)35(40)34(23-3-7-26(37)8-4-23)24-5-9-27(38)10-6-24/h3-10,18,20,28-29,34-35,42H,2,11-17,19,21-22,40H2,1H3/t28-,29+,35+,36?/m0/s1. The number of nitrogens with zero attached hydrogens (tertiary/aromatic N) is 1. The molecule has 0 spiro atoms. The number of ketones is 1. The Morgan fingerprint density at radius 2 is 1.74 bits per heavy atom. The van der Waals surface area contributed by atoms with Crippen molar-refractivity contribution in [1.82, 2.24) is 10.3 Å². The highest BCUT2D eigenvalue weighted by Gasteiger charge is 2.31. The normalized spacial score (nSPS) is 21.9. The molecule has 0 amide bonds. The lowest BCUT2D eigenvalue weighted by Gasteiger charge is -2.30. The molecule has 1 aromatic heterocycles. The Bertz CT molecular complexity index is 1450. The van der Waals surface area contributed by atoms with E-state index < -0.39 is 29.4 Å². The highest BCUT2D eigenvalue weighted by molar-refractivity contribution is 5.87. The molecule has 0 aliphatic carbocycles. The monoisotopic (exact) mass is 653 g/mol. The lowest BCUT2D eigenvalue weighted by molar-refractivity contribution is -0.147. The topological polar surface area (TPSA) is 113 Å². The lowest BCUT2D eigenvalue weighted by Crippen LogP contribution is -2.49. The Hall–Kier alpha value is -3.64. The first-order valence-corrected chi connectivity index (χ1v) is 16.2. The van der Waals surface area contributed by atoms with Gasteiger partial charge in [-0.2, -0.15) is 0 Å². The van der Waals surface area contributed by atoms with Gasteiger partial charge in [0.1, 0.15) is 24.1 Å². The van der Waals surface area contributed by atoms with Crippen LogP contribution in [-0.4, -0.2) is 66.9 Å². The number of benzene rings is 2. The fourth-order valence-electron chi connectivity index (χ4n) is 6.31. The summed E-state index contributed by atoms with van der Waals surface area (Å²) >= 11 is 0. The Morgan fingerprint density at radius 1 is 1.06 bits per heavy atom. The van der Waals surface area contributed by atoms with Crippen LogP contribution in [0.5, 0.6) is 0 Å². The molecule has 3 heterocycles. The van der Waals surface area contributed by atoms with Crippen molar-refractivity contribution in [2.75, 3.05) is 26.4 Å². The van der Waals surface area contributed by atoms with E-state index in [1.54, 1.807) is 24.3 Å². The van der Waals surface area contributed by atoms with Crippen molar-refractivity contribution in [3.63, 3.8) is 0 Å². The minimum Gasteiger partial charge on any atom is -0.464 e. The van der Waals surface area contributed by atoms with E-state index in [2.05, 4.69) is 10.3 Å². The summed E-state index contributed by atoms with van der Waals surface area (Å²) in [4.78, 5) is 29.8. The molecular formula is C36H42F3N3O5. The second-order valence-electron chi connectivity index (χ2n) is 12.7. The number of aromatic nitrogens is 1. The van der Waals surface area contributed by atoms with Gasteiger partial charge in [0, 0.05) is 38.1 Å². The predicted molar refractivity (Wildman–Crippen MR) is 169 cm³/mol. The number of morpholine rings is 1. The number of hydrogen-bond acceptors (Lipinski definition) is 8. The van der Waals surface area contributed by atoms with Crippen molar-refractivity contribution < 1.29 is 37.0 Å². The summed E-state index contributed by atoms with van der Waals surface area (Å²) in [7, 11) is 0. The summed E-state index contributed by atoms with van der Waals surface area (Å²) in [5, 5.41) is 3.34. The second-order valence-corrected chi connectivity index (χ2v) is 12.7. The van der Waals surface area contributed by atoms with Gasteiger partial charge >= 0.3 is 5.97 Å². The molecule has 0 bridgehead atoms. The maximum atomic E-state index is 15.1. The molecule has 252 valence electrons. The van der Waals surface area contributed by atoms with Crippen molar-refractivity contribution in [2.24, 2.45) is 5.73 Å². The van der Waals surface area contributed by atoms with E-state index in [1.807, 2.05) is 6.92 Å². The predicted octanol–water partition coefficient (Wildman–Crippen LogP) is 4.95.